The molecule has 42 heteroatoms. The highest BCUT2D eigenvalue weighted by atomic mass is 33.5. The van der Waals surface area contributed by atoms with E-state index in [1.165, 1.54) is 23.1 Å². The van der Waals surface area contributed by atoms with Crippen LogP contribution in [0.2, 0.25) is 0 Å². The van der Waals surface area contributed by atoms with E-state index in [9.17, 15) is 0 Å². The molecule has 476 valence electrons. The van der Waals surface area contributed by atoms with Gasteiger partial charge in [0.15, 0.2) is 52.1 Å². The van der Waals surface area contributed by atoms with Crippen molar-refractivity contribution in [1.82, 2.24) is 71.4 Å². The van der Waals surface area contributed by atoms with Crippen molar-refractivity contribution in [2.24, 2.45) is 0 Å². The zero-order valence-electron chi connectivity index (χ0n) is 47.5. The molecule has 21 nitrogen and oxygen atoms in total. The van der Waals surface area contributed by atoms with Crippen LogP contribution in [0.1, 0.15) is 48.5 Å². The van der Waals surface area contributed by atoms with Gasteiger partial charge >= 0.3 is 0 Å². The Morgan fingerprint density at radius 3 is 0.706 bits per heavy atom. The van der Waals surface area contributed by atoms with Crippen LogP contribution in [0.15, 0.2) is 60.8 Å². The van der Waals surface area contributed by atoms with Crippen molar-refractivity contribution < 1.29 is 33.2 Å². The van der Waals surface area contributed by atoms with Crippen molar-refractivity contribution in [2.45, 2.75) is 109 Å². The number of rotatable bonds is 44. The van der Waals surface area contributed by atoms with E-state index in [0.29, 0.717) is 4.34 Å². The van der Waals surface area contributed by atoms with E-state index >= 15 is 0 Å². The molecule has 0 spiro atoms. The first kappa shape index (κ1) is 80.5. The van der Waals surface area contributed by atoms with Crippen molar-refractivity contribution in [2.75, 3.05) is 133 Å². The largest absolute Gasteiger partial charge is 0.406 e. The molecule has 7 aromatic heterocycles. The minimum absolute atomic E-state index is 0. The van der Waals surface area contributed by atoms with E-state index in [0.717, 1.165) is 189 Å². The fourth-order valence-electron chi connectivity index (χ4n) is 4.55. The molecule has 0 aliphatic heterocycles. The molecular formula is C43H66N14O7S21. The molecule has 7 rings (SSSR count). The monoisotopic (exact) mass is 1560 g/mol. The van der Waals surface area contributed by atoms with E-state index in [1.54, 1.807) is 203 Å². The lowest BCUT2D eigenvalue weighted by Crippen LogP contribution is -1.95. The third kappa shape index (κ3) is 40.2. The number of aromatic nitrogens is 14. The Kier molecular flexibility index (Phi) is 51.8. The van der Waals surface area contributed by atoms with Gasteiger partial charge in [0.25, 0.3) is 0 Å². The van der Waals surface area contributed by atoms with Crippen molar-refractivity contribution in [1.29, 1.82) is 0 Å². The number of hydrogen-bond donors (Lipinski definition) is 0. The Balaban J connectivity index is 0.000000303. The number of hydrogen-bond acceptors (Lipinski definition) is 42. The summed E-state index contributed by atoms with van der Waals surface area (Å²) in [6.45, 7) is 24.5. The van der Waals surface area contributed by atoms with Crippen LogP contribution in [0.4, 0.5) is 0 Å². The second-order valence-corrected chi connectivity index (χ2v) is 39.1. The summed E-state index contributed by atoms with van der Waals surface area (Å²) in [5, 5.41) is 57.9. The summed E-state index contributed by atoms with van der Waals surface area (Å²) in [4.78, 5) is 0. The quantitative estimate of drug-likeness (QED) is 0.0113. The maximum Gasteiger partial charge on any atom is 0.186 e. The molecule has 0 amide bonds. The van der Waals surface area contributed by atoms with E-state index in [4.69, 9.17) is 45.8 Å². The molecule has 0 radical (unpaired) electrons. The van der Waals surface area contributed by atoms with Gasteiger partial charge in [0, 0.05) is 93.9 Å². The first-order valence-corrected chi connectivity index (χ1v) is 44.7. The Hall–Kier alpha value is 1.28. The lowest BCUT2D eigenvalue weighted by molar-refractivity contribution is 0.164. The van der Waals surface area contributed by atoms with Crippen LogP contribution in [0.3, 0.4) is 0 Å². The van der Waals surface area contributed by atoms with Gasteiger partial charge in [-0.2, -0.15) is 10.2 Å². The Bertz CT molecular complexity index is 2510. The molecule has 0 unspecified atom stereocenters. The highest BCUT2D eigenvalue weighted by molar-refractivity contribution is 9.09. The van der Waals surface area contributed by atoms with Crippen LogP contribution in [0, 0.1) is 7.43 Å². The summed E-state index contributed by atoms with van der Waals surface area (Å²) in [6.07, 6.45) is 0. The summed E-state index contributed by atoms with van der Waals surface area (Å²) in [7, 11) is 7.99. The molecule has 0 N–H and O–H groups in total. The fourth-order valence-corrected chi connectivity index (χ4v) is 26.3. The van der Waals surface area contributed by atoms with E-state index in [1.807, 2.05) is 48.5 Å². The minimum atomic E-state index is 0. The predicted octanol–water partition coefficient (Wildman–Crippen LogP) is 15.4. The molecule has 0 bridgehead atoms. The van der Waals surface area contributed by atoms with Gasteiger partial charge in [-0.05, 0) is 118 Å². The summed E-state index contributed by atoms with van der Waals surface area (Å²) in [5.41, 5.74) is 0. The summed E-state index contributed by atoms with van der Waals surface area (Å²) in [6, 6.07) is 0. The normalized spacial score (nSPS) is 11.0. The van der Waals surface area contributed by atoms with Crippen LogP contribution in [0.5, 0.6) is 0 Å². The molecule has 7 heterocycles. The van der Waals surface area contributed by atoms with E-state index in [2.05, 4.69) is 71.4 Å². The van der Waals surface area contributed by atoms with Crippen LogP contribution in [-0.4, -0.2) is 204 Å². The van der Waals surface area contributed by atoms with Crippen molar-refractivity contribution >= 4 is 239 Å². The van der Waals surface area contributed by atoms with E-state index in [-0.39, 0.29) is 7.43 Å². The smallest absolute Gasteiger partial charge is 0.186 e. The Morgan fingerprint density at radius 1 is 0.271 bits per heavy atom. The summed E-state index contributed by atoms with van der Waals surface area (Å²) in [5.74, 6) is 6.32. The van der Waals surface area contributed by atoms with Crippen LogP contribution >= 0.6 is 226 Å². The number of nitrogens with zero attached hydrogens (tertiary/aromatic N) is 14. The minimum Gasteiger partial charge on any atom is -0.406 e. The Labute approximate surface area is 585 Å². The first-order chi connectivity index (χ1) is 41.3. The molecule has 85 heavy (non-hydrogen) atoms. The van der Waals surface area contributed by atoms with Gasteiger partial charge in [0.1, 0.15) is 0 Å². The van der Waals surface area contributed by atoms with Crippen LogP contribution < -0.4 is 0 Å². The van der Waals surface area contributed by atoms with E-state index < -0.39 is 0 Å². The zero-order valence-corrected chi connectivity index (χ0v) is 64.7. The molecule has 0 fully saturated rings. The van der Waals surface area contributed by atoms with Crippen molar-refractivity contribution in [3.63, 3.8) is 0 Å². The van der Waals surface area contributed by atoms with Gasteiger partial charge in [0.2, 0.25) is 0 Å². The third-order valence-electron chi connectivity index (χ3n) is 7.89. The molecule has 0 saturated carbocycles. The Morgan fingerprint density at radius 2 is 0.471 bits per heavy atom. The van der Waals surface area contributed by atoms with Gasteiger partial charge in [-0.3, -0.25) is 0 Å². The zero-order chi connectivity index (χ0) is 59.9. The molecule has 0 saturated heterocycles. The molecule has 7 aromatic rings. The second kappa shape index (κ2) is 54.7. The lowest BCUT2D eigenvalue weighted by atomic mass is 10.8. The molecule has 0 aromatic carbocycles. The maximum atomic E-state index is 5.32. The van der Waals surface area contributed by atoms with Crippen molar-refractivity contribution in [3.05, 3.63) is 7.43 Å². The lowest BCUT2D eigenvalue weighted by Gasteiger charge is -1.99. The average Bonchev–Trinajstić information content (AvgIpc) is 4.57. The van der Waals surface area contributed by atoms with Crippen molar-refractivity contribution in [3.8, 4) is 0 Å². The highest BCUT2D eigenvalue weighted by Crippen LogP contribution is 2.47. The molecular weight excluding hydrogens is 1500 g/mol. The van der Waals surface area contributed by atoms with Crippen LogP contribution in [0.25, 0.3) is 0 Å². The average molecular weight is 1560 g/mol. The van der Waals surface area contributed by atoms with Gasteiger partial charge in [0.05, 0.1) is 50.6 Å². The summed E-state index contributed by atoms with van der Waals surface area (Å²) >= 11 is 29.1. The van der Waals surface area contributed by atoms with Gasteiger partial charge in [-0.25, -0.2) is 0 Å². The molecule has 0 atom stereocenters. The summed E-state index contributed by atoms with van der Waals surface area (Å²) < 4.78 is 50.0. The maximum absolute atomic E-state index is 5.32. The molecule has 0 aliphatic carbocycles. The SMILES string of the molecule is CCOCCSc1nnc(SSSc2nnc(SCCOCC)s2)s1.CCOCCSc1nnc(SSc2nnc(SCCOCC)s2)s1.CCOCCSc1nnc(Sc2nnc(SCCOCC)s2)s1.CCOCCSc1nnc([S-])s1.[CH3+]. The highest BCUT2D eigenvalue weighted by Gasteiger charge is 2.14. The first-order valence-electron chi connectivity index (χ1n) is 25.3. The topological polar surface area (TPSA) is 245 Å². The van der Waals surface area contributed by atoms with Gasteiger partial charge in [-0.15, -0.1) is 72.9 Å². The van der Waals surface area contributed by atoms with Crippen LogP contribution in [-0.2, 0) is 45.8 Å². The second-order valence-electron chi connectivity index (χ2n) is 13.7. The standard InChI is InChI=1S/C12H18N4O2S7.C12H18N4O2S6.C12H18N4O2S5.C6H10N2OS3.CH3/c1-3-17-5-7-19-9-13-15-11(21-9)23-25-24-12-16-14-10(22-12)20-8-6-18-4-2;1-3-17-5-7-19-9-13-15-11(21-9)23-24-12-16-14-10(22-12)20-8-6-18-4-2;1-3-17-5-7-19-9-13-15-11(21-9)23-12-16-14-10(22-12)20-8-6-18-4-2;1-2-9-3-4-11-6-8-7-5(10)12-6;/h3-8H2,1-2H3;3-8H2,1-2H3;3-8H2,1-2H3;2-4H2,1H3,(H,7,10);1H3/q;;;;+1/p-1. The van der Waals surface area contributed by atoms with Gasteiger partial charge < -0.3 is 57.1 Å². The molecule has 0 aliphatic rings. The van der Waals surface area contributed by atoms with Gasteiger partial charge in [-0.1, -0.05) is 139 Å². The fraction of sp³-hybridized carbons (Fsp3) is 0.651. The number of ether oxygens (including phenoxy) is 7. The number of thioether (sulfide) groups is 7. The predicted molar refractivity (Wildman–Crippen MR) is 377 cm³/mol. The third-order valence-corrected chi connectivity index (χ3v) is 30.6.